The lowest BCUT2D eigenvalue weighted by Crippen LogP contribution is -2.28. The van der Waals surface area contributed by atoms with E-state index in [1.165, 1.54) is 231 Å². The van der Waals surface area contributed by atoms with E-state index in [0.717, 1.165) is 57.8 Å². The molecular weight excluding hydrogens is 825 g/mol. The first kappa shape index (κ1) is 64.9. The normalized spacial score (nSPS) is 12.5. The van der Waals surface area contributed by atoms with Gasteiger partial charge in [0.1, 0.15) is 6.61 Å². The fraction of sp³-hybridized carbons (Fsp3) is 0.839. The Labute approximate surface area is 418 Å². The van der Waals surface area contributed by atoms with Gasteiger partial charge >= 0.3 is 11.9 Å². The second-order valence-electron chi connectivity index (χ2n) is 20.1. The zero-order valence-electron chi connectivity index (χ0n) is 44.9. The van der Waals surface area contributed by atoms with Crippen molar-refractivity contribution in [3.63, 3.8) is 0 Å². The number of carbonyl (C=O) groups is 2. The van der Waals surface area contributed by atoms with E-state index in [4.69, 9.17) is 9.47 Å². The van der Waals surface area contributed by atoms with Gasteiger partial charge in [0, 0.05) is 12.8 Å². The van der Waals surface area contributed by atoms with Crippen molar-refractivity contribution in [1.82, 2.24) is 0 Å². The zero-order chi connectivity index (χ0) is 48.5. The third-order valence-corrected chi connectivity index (χ3v) is 13.4. The molecule has 0 aromatic heterocycles. The summed E-state index contributed by atoms with van der Waals surface area (Å²) in [5.41, 5.74) is 0. The van der Waals surface area contributed by atoms with Crippen molar-refractivity contribution < 1.29 is 24.2 Å². The average Bonchev–Trinajstić information content (AvgIpc) is 3.33. The lowest BCUT2D eigenvalue weighted by atomic mass is 10.0. The number of aliphatic hydroxyl groups excluding tert-OH is 1. The number of ether oxygens (including phenoxy) is 2. The van der Waals surface area contributed by atoms with E-state index < -0.39 is 6.10 Å². The molecule has 0 aromatic rings. The summed E-state index contributed by atoms with van der Waals surface area (Å²) in [5.74, 6) is -0.571. The number of hydrogen-bond donors (Lipinski definition) is 1. The van der Waals surface area contributed by atoms with Crippen LogP contribution in [0.4, 0.5) is 0 Å². The Morgan fingerprint density at radius 3 is 0.970 bits per heavy atom. The van der Waals surface area contributed by atoms with Crippen LogP contribution >= 0.6 is 0 Å². The van der Waals surface area contributed by atoms with Gasteiger partial charge in [-0.15, -0.1) is 0 Å². The van der Waals surface area contributed by atoms with Crippen LogP contribution in [0.25, 0.3) is 0 Å². The summed E-state index contributed by atoms with van der Waals surface area (Å²) in [7, 11) is 0. The molecule has 0 aromatic carbocycles. The average molecular weight is 940 g/mol. The van der Waals surface area contributed by atoms with Crippen LogP contribution in [0.5, 0.6) is 0 Å². The minimum atomic E-state index is -0.767. The lowest BCUT2D eigenvalue weighted by molar-refractivity contribution is -0.161. The van der Waals surface area contributed by atoms with Crippen LogP contribution in [0.15, 0.2) is 48.6 Å². The van der Waals surface area contributed by atoms with Crippen LogP contribution in [0.2, 0.25) is 0 Å². The highest BCUT2D eigenvalue weighted by Crippen LogP contribution is 2.18. The van der Waals surface area contributed by atoms with E-state index >= 15 is 0 Å². The molecule has 0 amide bonds. The molecular formula is C62H114O5. The molecule has 0 rings (SSSR count). The quantitative estimate of drug-likeness (QED) is 0.0374. The summed E-state index contributed by atoms with van der Waals surface area (Å²) in [6.07, 6.45) is 76.8. The van der Waals surface area contributed by atoms with E-state index in [-0.39, 0.29) is 25.2 Å². The van der Waals surface area contributed by atoms with E-state index in [2.05, 4.69) is 62.5 Å². The van der Waals surface area contributed by atoms with Gasteiger partial charge in [0.05, 0.1) is 6.61 Å². The van der Waals surface area contributed by atoms with Crippen molar-refractivity contribution in [2.24, 2.45) is 0 Å². The van der Waals surface area contributed by atoms with Crippen molar-refractivity contribution in [3.05, 3.63) is 48.6 Å². The van der Waals surface area contributed by atoms with Crippen LogP contribution < -0.4 is 0 Å². The van der Waals surface area contributed by atoms with Crippen LogP contribution in [0.3, 0.4) is 0 Å². The molecule has 0 saturated carbocycles. The maximum atomic E-state index is 12.3. The molecule has 1 unspecified atom stereocenters. The molecule has 0 saturated heterocycles. The smallest absolute Gasteiger partial charge is 0.306 e. The van der Waals surface area contributed by atoms with Crippen LogP contribution in [0.1, 0.15) is 316 Å². The maximum Gasteiger partial charge on any atom is 0.306 e. The Morgan fingerprint density at radius 2 is 0.642 bits per heavy atom. The van der Waals surface area contributed by atoms with E-state index in [0.29, 0.717) is 12.8 Å². The number of rotatable bonds is 55. The first-order valence-electron chi connectivity index (χ1n) is 29.7. The fourth-order valence-electron chi connectivity index (χ4n) is 8.96. The van der Waals surface area contributed by atoms with Crippen molar-refractivity contribution in [2.45, 2.75) is 322 Å². The highest BCUT2D eigenvalue weighted by atomic mass is 16.6. The molecule has 0 bridgehead atoms. The van der Waals surface area contributed by atoms with Crippen molar-refractivity contribution >= 4 is 11.9 Å². The number of hydrogen-bond acceptors (Lipinski definition) is 5. The topological polar surface area (TPSA) is 72.8 Å². The van der Waals surface area contributed by atoms with Gasteiger partial charge in [-0.25, -0.2) is 0 Å². The molecule has 392 valence electrons. The van der Waals surface area contributed by atoms with E-state index in [1.807, 2.05) is 0 Å². The van der Waals surface area contributed by atoms with Gasteiger partial charge in [-0.05, 0) is 51.4 Å². The monoisotopic (exact) mass is 939 g/mol. The van der Waals surface area contributed by atoms with Gasteiger partial charge < -0.3 is 14.6 Å². The summed E-state index contributed by atoms with van der Waals surface area (Å²) < 4.78 is 10.7. The van der Waals surface area contributed by atoms with Crippen molar-refractivity contribution in [3.8, 4) is 0 Å². The van der Waals surface area contributed by atoms with Crippen LogP contribution in [-0.4, -0.2) is 36.4 Å². The summed E-state index contributed by atoms with van der Waals surface area (Å²) >= 11 is 0. The standard InChI is InChI=1S/C62H114O5/c1-3-5-7-9-11-13-15-17-19-21-22-23-24-25-26-27-28-29-30-31-32-33-34-35-36-37-38-39-40-41-43-45-47-49-51-53-55-57-62(65)67-60(58-63)59-66-61(64)56-54-52-50-48-46-44-42-20-18-16-14-12-10-8-6-4-2/h5,7,11,13,17,19,22-23,60,63H,3-4,6,8-10,12,14-16,18,20-21,24-59H2,1-2H3/b7-5-,13-11-,19-17-,23-22-. The first-order valence-corrected chi connectivity index (χ1v) is 29.7. The molecule has 67 heavy (non-hydrogen) atoms. The number of unbranched alkanes of at least 4 members (excludes halogenated alkanes) is 39. The molecule has 0 spiro atoms. The Morgan fingerprint density at radius 1 is 0.358 bits per heavy atom. The number of carbonyl (C=O) groups excluding carboxylic acids is 2. The van der Waals surface area contributed by atoms with Gasteiger partial charge in [-0.3, -0.25) is 9.59 Å². The van der Waals surface area contributed by atoms with Crippen molar-refractivity contribution in [2.75, 3.05) is 13.2 Å². The molecule has 0 heterocycles. The Balaban J connectivity index is 3.38. The molecule has 0 aliphatic heterocycles. The predicted octanol–water partition coefficient (Wildman–Crippen LogP) is 20.0. The largest absolute Gasteiger partial charge is 0.462 e. The molecule has 0 aliphatic carbocycles. The SMILES string of the molecule is CC/C=C\C/C=C\C/C=C\C/C=C\CCCCCCCCCCCCCCCCCCCCCCCCCCC(=O)OC(CO)COC(=O)CCCCCCCCCCCCCCCCCC. The highest BCUT2D eigenvalue weighted by molar-refractivity contribution is 5.70. The second-order valence-corrected chi connectivity index (χ2v) is 20.1. The summed E-state index contributed by atoms with van der Waals surface area (Å²) in [5, 5.41) is 9.64. The highest BCUT2D eigenvalue weighted by Gasteiger charge is 2.16. The van der Waals surface area contributed by atoms with Crippen LogP contribution in [0, 0.1) is 0 Å². The Bertz CT molecular complexity index is 1110. The minimum absolute atomic E-state index is 0.0591. The molecule has 1 N–H and O–H groups in total. The van der Waals surface area contributed by atoms with E-state index in [1.54, 1.807) is 0 Å². The Hall–Kier alpha value is -2.14. The predicted molar refractivity (Wildman–Crippen MR) is 293 cm³/mol. The number of esters is 2. The molecule has 0 fully saturated rings. The van der Waals surface area contributed by atoms with Gasteiger partial charge in [0.2, 0.25) is 0 Å². The van der Waals surface area contributed by atoms with Gasteiger partial charge in [0.25, 0.3) is 0 Å². The third kappa shape index (κ3) is 56.3. The second kappa shape index (κ2) is 58.2. The van der Waals surface area contributed by atoms with Crippen molar-refractivity contribution in [1.29, 1.82) is 0 Å². The lowest BCUT2D eigenvalue weighted by Gasteiger charge is -2.15. The summed E-state index contributed by atoms with van der Waals surface area (Å²) in [4.78, 5) is 24.5. The summed E-state index contributed by atoms with van der Waals surface area (Å²) in [6, 6.07) is 0. The fourth-order valence-corrected chi connectivity index (χ4v) is 8.96. The first-order chi connectivity index (χ1) is 33.1. The van der Waals surface area contributed by atoms with E-state index in [9.17, 15) is 14.7 Å². The number of aliphatic hydroxyl groups is 1. The summed E-state index contributed by atoms with van der Waals surface area (Å²) in [6.45, 7) is 4.07. The third-order valence-electron chi connectivity index (χ3n) is 13.4. The molecule has 1 atom stereocenters. The minimum Gasteiger partial charge on any atom is -0.462 e. The molecule has 0 aliphatic rings. The zero-order valence-corrected chi connectivity index (χ0v) is 44.9. The molecule has 5 nitrogen and oxygen atoms in total. The van der Waals surface area contributed by atoms with Crippen LogP contribution in [-0.2, 0) is 19.1 Å². The number of allylic oxidation sites excluding steroid dienone is 8. The Kier molecular flexibility index (Phi) is 56.3. The van der Waals surface area contributed by atoms with Gasteiger partial charge in [0.15, 0.2) is 6.10 Å². The molecule has 5 heteroatoms. The maximum absolute atomic E-state index is 12.3. The molecule has 0 radical (unpaired) electrons. The van der Waals surface area contributed by atoms with Gasteiger partial charge in [-0.1, -0.05) is 300 Å². The van der Waals surface area contributed by atoms with Gasteiger partial charge in [-0.2, -0.15) is 0 Å².